The Morgan fingerprint density at radius 1 is 1.36 bits per heavy atom. The highest BCUT2D eigenvalue weighted by atomic mass is 19.3. The van der Waals surface area contributed by atoms with Crippen LogP contribution in [0, 0.1) is 5.92 Å². The van der Waals surface area contributed by atoms with Crippen molar-refractivity contribution in [3.8, 4) is 0 Å². The lowest BCUT2D eigenvalue weighted by atomic mass is 9.79. The zero-order valence-electron chi connectivity index (χ0n) is 8.47. The van der Waals surface area contributed by atoms with Gasteiger partial charge in [0.05, 0.1) is 5.60 Å². The van der Waals surface area contributed by atoms with Gasteiger partial charge < -0.3 is 5.11 Å². The first kappa shape index (κ1) is 10.3. The van der Waals surface area contributed by atoms with Crippen LogP contribution in [0.25, 0.3) is 0 Å². The second-order valence-corrected chi connectivity index (χ2v) is 4.88. The standard InChI is InChI=1S/C10H17F2NO/c1-2-9(14)6-13(7-9)5-8-3-10(11,12)4-8/h8,14H,2-7H2,1H3. The molecule has 2 rings (SSSR count). The molecule has 2 nitrogen and oxygen atoms in total. The van der Waals surface area contributed by atoms with Gasteiger partial charge in [0.25, 0.3) is 0 Å². The Labute approximate surface area is 82.9 Å². The van der Waals surface area contributed by atoms with E-state index in [1.807, 2.05) is 6.92 Å². The van der Waals surface area contributed by atoms with Gasteiger partial charge in [-0.05, 0) is 12.3 Å². The number of aliphatic hydroxyl groups is 1. The molecule has 1 heterocycles. The molecule has 82 valence electrons. The van der Waals surface area contributed by atoms with E-state index >= 15 is 0 Å². The van der Waals surface area contributed by atoms with Gasteiger partial charge in [0, 0.05) is 32.5 Å². The number of halogens is 2. The maximum Gasteiger partial charge on any atom is 0.248 e. The summed E-state index contributed by atoms with van der Waals surface area (Å²) in [5.41, 5.74) is -0.535. The van der Waals surface area contributed by atoms with Crippen molar-refractivity contribution in [2.24, 2.45) is 5.92 Å². The Hall–Kier alpha value is -0.220. The molecule has 0 amide bonds. The Balaban J connectivity index is 1.66. The molecule has 1 N–H and O–H groups in total. The van der Waals surface area contributed by atoms with Gasteiger partial charge in [0.2, 0.25) is 5.92 Å². The maximum absolute atomic E-state index is 12.5. The third-order valence-electron chi connectivity index (χ3n) is 3.38. The fourth-order valence-electron chi connectivity index (χ4n) is 2.42. The number of hydrogen-bond acceptors (Lipinski definition) is 2. The van der Waals surface area contributed by atoms with Crippen molar-refractivity contribution in [1.82, 2.24) is 4.90 Å². The number of β-amino-alcohol motifs (C(OH)–C–C–N with tert-alkyl or cyclic N) is 1. The highest BCUT2D eigenvalue weighted by Crippen LogP contribution is 2.43. The Bertz CT molecular complexity index is 218. The molecule has 0 radical (unpaired) electrons. The maximum atomic E-state index is 12.5. The van der Waals surface area contributed by atoms with Gasteiger partial charge in [-0.2, -0.15) is 0 Å². The SMILES string of the molecule is CCC1(O)CN(CC2CC(F)(F)C2)C1. The third-order valence-corrected chi connectivity index (χ3v) is 3.38. The van der Waals surface area contributed by atoms with E-state index in [9.17, 15) is 13.9 Å². The van der Waals surface area contributed by atoms with E-state index in [2.05, 4.69) is 4.90 Å². The number of likely N-dealkylation sites (tertiary alicyclic amines) is 1. The van der Waals surface area contributed by atoms with Crippen molar-refractivity contribution in [3.63, 3.8) is 0 Å². The highest BCUT2D eigenvalue weighted by molar-refractivity contribution is 4.97. The number of hydrogen-bond donors (Lipinski definition) is 1. The van der Waals surface area contributed by atoms with E-state index in [4.69, 9.17) is 0 Å². The molecule has 1 aliphatic heterocycles. The van der Waals surface area contributed by atoms with Crippen LogP contribution in [0.4, 0.5) is 8.78 Å². The van der Waals surface area contributed by atoms with Crippen molar-refractivity contribution in [2.75, 3.05) is 19.6 Å². The van der Waals surface area contributed by atoms with Crippen molar-refractivity contribution < 1.29 is 13.9 Å². The minimum Gasteiger partial charge on any atom is -0.387 e. The van der Waals surface area contributed by atoms with Crippen molar-refractivity contribution in [2.45, 2.75) is 37.7 Å². The zero-order valence-corrected chi connectivity index (χ0v) is 8.47. The quantitative estimate of drug-likeness (QED) is 0.754. The average molecular weight is 205 g/mol. The van der Waals surface area contributed by atoms with Crippen molar-refractivity contribution in [1.29, 1.82) is 0 Å². The summed E-state index contributed by atoms with van der Waals surface area (Å²) in [6.07, 6.45) is 0.826. The van der Waals surface area contributed by atoms with Crippen LogP contribution >= 0.6 is 0 Å². The topological polar surface area (TPSA) is 23.5 Å². The van der Waals surface area contributed by atoms with Crippen LogP contribution in [0.2, 0.25) is 0 Å². The van der Waals surface area contributed by atoms with E-state index < -0.39 is 11.5 Å². The molecule has 0 aromatic rings. The summed E-state index contributed by atoms with van der Waals surface area (Å²) in [4.78, 5) is 2.07. The summed E-state index contributed by atoms with van der Waals surface area (Å²) in [5.74, 6) is -2.26. The molecule has 0 atom stereocenters. The molecule has 0 unspecified atom stereocenters. The Morgan fingerprint density at radius 2 is 1.93 bits per heavy atom. The molecule has 4 heteroatoms. The monoisotopic (exact) mass is 205 g/mol. The molecule has 2 aliphatic rings. The van der Waals surface area contributed by atoms with Crippen LogP contribution in [0.1, 0.15) is 26.2 Å². The summed E-state index contributed by atoms with van der Waals surface area (Å²) in [5, 5.41) is 9.71. The van der Waals surface area contributed by atoms with Gasteiger partial charge in [-0.1, -0.05) is 6.92 Å². The normalized spacial score (nSPS) is 30.9. The third kappa shape index (κ3) is 1.91. The highest BCUT2D eigenvalue weighted by Gasteiger charge is 2.48. The summed E-state index contributed by atoms with van der Waals surface area (Å²) in [7, 11) is 0. The molecule has 1 aliphatic carbocycles. The predicted molar refractivity (Wildman–Crippen MR) is 49.4 cm³/mol. The van der Waals surface area contributed by atoms with Crippen LogP contribution in [0.15, 0.2) is 0 Å². The summed E-state index contributed by atoms with van der Waals surface area (Å²) in [6, 6.07) is 0. The lowest BCUT2D eigenvalue weighted by Gasteiger charge is -2.49. The summed E-state index contributed by atoms with van der Waals surface area (Å²) >= 11 is 0. The molecule has 1 saturated carbocycles. The van der Waals surface area contributed by atoms with Crippen LogP contribution in [0.5, 0.6) is 0 Å². The predicted octanol–water partition coefficient (Wildman–Crippen LogP) is 1.49. The van der Waals surface area contributed by atoms with Crippen LogP contribution in [-0.2, 0) is 0 Å². The Morgan fingerprint density at radius 3 is 2.36 bits per heavy atom. The van der Waals surface area contributed by atoms with Gasteiger partial charge in [-0.25, -0.2) is 8.78 Å². The summed E-state index contributed by atoms with van der Waals surface area (Å²) < 4.78 is 25.0. The van der Waals surface area contributed by atoms with Crippen molar-refractivity contribution in [3.05, 3.63) is 0 Å². The molecule has 0 aromatic carbocycles. The lowest BCUT2D eigenvalue weighted by Crippen LogP contribution is -2.63. The first-order valence-corrected chi connectivity index (χ1v) is 5.25. The van der Waals surface area contributed by atoms with Crippen LogP contribution in [0.3, 0.4) is 0 Å². The lowest BCUT2D eigenvalue weighted by molar-refractivity contribution is -0.145. The van der Waals surface area contributed by atoms with E-state index in [0.29, 0.717) is 13.1 Å². The van der Waals surface area contributed by atoms with E-state index in [-0.39, 0.29) is 18.8 Å². The van der Waals surface area contributed by atoms with Crippen LogP contribution < -0.4 is 0 Å². The van der Waals surface area contributed by atoms with Gasteiger partial charge in [0.1, 0.15) is 0 Å². The van der Waals surface area contributed by atoms with Crippen LogP contribution in [-0.4, -0.2) is 41.2 Å². The number of alkyl halides is 2. The van der Waals surface area contributed by atoms with Crippen molar-refractivity contribution >= 4 is 0 Å². The fourth-order valence-corrected chi connectivity index (χ4v) is 2.42. The first-order chi connectivity index (χ1) is 6.42. The summed E-state index contributed by atoms with van der Waals surface area (Å²) in [6.45, 7) is 4.00. The van der Waals surface area contributed by atoms with Gasteiger partial charge >= 0.3 is 0 Å². The molecule has 1 saturated heterocycles. The van der Waals surface area contributed by atoms with Gasteiger partial charge in [-0.15, -0.1) is 0 Å². The van der Waals surface area contributed by atoms with E-state index in [1.54, 1.807) is 0 Å². The Kier molecular flexibility index (Phi) is 2.31. The van der Waals surface area contributed by atoms with E-state index in [0.717, 1.165) is 13.0 Å². The van der Waals surface area contributed by atoms with Gasteiger partial charge in [0.15, 0.2) is 0 Å². The molecule has 2 fully saturated rings. The number of nitrogens with zero attached hydrogens (tertiary/aromatic N) is 1. The smallest absolute Gasteiger partial charge is 0.248 e. The minimum absolute atomic E-state index is 0.0358. The minimum atomic E-state index is -2.41. The molecule has 0 aromatic heterocycles. The second kappa shape index (κ2) is 3.14. The van der Waals surface area contributed by atoms with Gasteiger partial charge in [-0.3, -0.25) is 4.90 Å². The molecule has 0 spiro atoms. The molecule has 14 heavy (non-hydrogen) atoms. The fraction of sp³-hybridized carbons (Fsp3) is 1.00. The largest absolute Gasteiger partial charge is 0.387 e. The molecule has 0 bridgehead atoms. The molecular formula is C10H17F2NO. The molecular weight excluding hydrogens is 188 g/mol. The number of rotatable bonds is 3. The zero-order chi connectivity index (χ0) is 10.4. The average Bonchev–Trinajstić information content (AvgIpc) is 1.97. The van der Waals surface area contributed by atoms with E-state index in [1.165, 1.54) is 0 Å². The second-order valence-electron chi connectivity index (χ2n) is 4.88. The first-order valence-electron chi connectivity index (χ1n) is 5.25.